The third-order valence-corrected chi connectivity index (χ3v) is 1.31. The molecule has 0 saturated carbocycles. The molecule has 0 aromatic carbocycles. The normalized spacial score (nSPS) is 11.7. The minimum Gasteiger partial charge on any atom is -0.466 e. The Morgan fingerprint density at radius 1 is 1.17 bits per heavy atom. The van der Waals surface area contributed by atoms with Crippen LogP contribution in [-0.2, 0) is 14.3 Å². The number of ether oxygens (including phenoxy) is 1. The van der Waals surface area contributed by atoms with Gasteiger partial charge in [-0.3, -0.25) is 4.79 Å². The Morgan fingerprint density at radius 2 is 1.67 bits per heavy atom. The fraction of sp³-hybridized carbons (Fsp3) is 0.556. The van der Waals surface area contributed by atoms with Crippen LogP contribution in [0.3, 0.4) is 0 Å². The summed E-state index contributed by atoms with van der Waals surface area (Å²) in [5.74, 6) is -0.597. The van der Waals surface area contributed by atoms with Gasteiger partial charge >= 0.3 is 5.97 Å². The average Bonchev–Trinajstić information content (AvgIpc) is 1.97. The van der Waals surface area contributed by atoms with Crippen molar-refractivity contribution >= 4 is 11.8 Å². The summed E-state index contributed by atoms with van der Waals surface area (Å²) in [6.07, 6.45) is 2.37. The first kappa shape index (κ1) is 10.9. The molecule has 0 atom stereocenters. The number of hydrogen-bond acceptors (Lipinski definition) is 3. The Labute approximate surface area is 72.4 Å². The van der Waals surface area contributed by atoms with E-state index in [2.05, 4.69) is 4.74 Å². The monoisotopic (exact) mass is 170 g/mol. The number of rotatable bonds is 2. The maximum Gasteiger partial charge on any atom is 0.330 e. The van der Waals surface area contributed by atoms with Gasteiger partial charge in [0.25, 0.3) is 0 Å². The van der Waals surface area contributed by atoms with Crippen LogP contribution >= 0.6 is 0 Å². The molecule has 68 valence electrons. The van der Waals surface area contributed by atoms with Gasteiger partial charge in [-0.1, -0.05) is 20.8 Å². The number of esters is 1. The van der Waals surface area contributed by atoms with Crippen LogP contribution in [0.2, 0.25) is 0 Å². The van der Waals surface area contributed by atoms with E-state index in [4.69, 9.17) is 0 Å². The lowest BCUT2D eigenvalue weighted by molar-refractivity contribution is -0.135. The first-order valence-electron chi connectivity index (χ1n) is 3.68. The van der Waals surface area contributed by atoms with Crippen LogP contribution in [0.4, 0.5) is 0 Å². The summed E-state index contributed by atoms with van der Waals surface area (Å²) in [6, 6.07) is 0. The van der Waals surface area contributed by atoms with Crippen LogP contribution < -0.4 is 0 Å². The van der Waals surface area contributed by atoms with E-state index in [9.17, 15) is 9.59 Å². The molecule has 0 unspecified atom stereocenters. The topological polar surface area (TPSA) is 43.4 Å². The number of hydrogen-bond donors (Lipinski definition) is 0. The standard InChI is InChI=1S/C9H14O3/c1-9(2,3)7(10)5-6-8(11)12-4/h5-6H,1-4H3. The van der Waals surface area contributed by atoms with Crippen molar-refractivity contribution in [2.24, 2.45) is 5.41 Å². The van der Waals surface area contributed by atoms with Crippen LogP contribution in [0, 0.1) is 5.41 Å². The Balaban J connectivity index is 4.19. The first-order chi connectivity index (χ1) is 5.38. The Hall–Kier alpha value is -1.12. The molecule has 0 amide bonds. The summed E-state index contributed by atoms with van der Waals surface area (Å²) < 4.78 is 4.34. The highest BCUT2D eigenvalue weighted by Crippen LogP contribution is 2.14. The van der Waals surface area contributed by atoms with Gasteiger partial charge in [-0.15, -0.1) is 0 Å². The smallest absolute Gasteiger partial charge is 0.330 e. The molecule has 0 aromatic heterocycles. The fourth-order valence-corrected chi connectivity index (χ4v) is 0.462. The second-order valence-corrected chi connectivity index (χ2v) is 3.47. The highest BCUT2D eigenvalue weighted by atomic mass is 16.5. The Morgan fingerprint density at radius 3 is 2.00 bits per heavy atom. The van der Waals surface area contributed by atoms with Crippen molar-refractivity contribution in [3.8, 4) is 0 Å². The van der Waals surface area contributed by atoms with E-state index in [0.717, 1.165) is 6.08 Å². The third kappa shape index (κ3) is 3.91. The fourth-order valence-electron chi connectivity index (χ4n) is 0.462. The zero-order chi connectivity index (χ0) is 9.78. The second kappa shape index (κ2) is 4.04. The molecule has 3 nitrogen and oxygen atoms in total. The van der Waals surface area contributed by atoms with Crippen LogP contribution in [0.1, 0.15) is 20.8 Å². The summed E-state index contributed by atoms with van der Waals surface area (Å²) in [7, 11) is 1.27. The van der Waals surface area contributed by atoms with E-state index in [1.165, 1.54) is 13.2 Å². The van der Waals surface area contributed by atoms with Crippen molar-refractivity contribution in [2.45, 2.75) is 20.8 Å². The molecule has 0 aliphatic carbocycles. The summed E-state index contributed by atoms with van der Waals surface area (Å²) in [5.41, 5.74) is -0.440. The van der Waals surface area contributed by atoms with Crippen molar-refractivity contribution < 1.29 is 14.3 Å². The molecular formula is C9H14O3. The maximum atomic E-state index is 11.2. The van der Waals surface area contributed by atoms with E-state index in [1.807, 2.05) is 0 Å². The summed E-state index contributed by atoms with van der Waals surface area (Å²) in [4.78, 5) is 21.8. The van der Waals surface area contributed by atoms with Gasteiger partial charge in [-0.2, -0.15) is 0 Å². The van der Waals surface area contributed by atoms with Gasteiger partial charge in [-0.05, 0) is 6.08 Å². The molecule has 0 aliphatic rings. The quantitative estimate of drug-likeness (QED) is 0.464. The molecule has 0 radical (unpaired) electrons. The lowest BCUT2D eigenvalue weighted by Crippen LogP contribution is -2.17. The van der Waals surface area contributed by atoms with Gasteiger partial charge in [0.15, 0.2) is 5.78 Å². The van der Waals surface area contributed by atoms with E-state index in [-0.39, 0.29) is 5.78 Å². The van der Waals surface area contributed by atoms with Gasteiger partial charge in [0, 0.05) is 11.5 Å². The highest BCUT2D eigenvalue weighted by Gasteiger charge is 2.18. The average molecular weight is 170 g/mol. The van der Waals surface area contributed by atoms with E-state index < -0.39 is 11.4 Å². The molecule has 0 N–H and O–H groups in total. The number of carbonyl (C=O) groups excluding carboxylic acids is 2. The number of ketones is 1. The Bertz CT molecular complexity index is 208. The number of allylic oxidation sites excluding steroid dienone is 1. The molecule has 0 fully saturated rings. The zero-order valence-electron chi connectivity index (χ0n) is 7.88. The van der Waals surface area contributed by atoms with Crippen LogP contribution in [0.5, 0.6) is 0 Å². The van der Waals surface area contributed by atoms with Crippen molar-refractivity contribution in [2.75, 3.05) is 7.11 Å². The molecule has 0 heterocycles. The van der Waals surface area contributed by atoms with Gasteiger partial charge in [0.1, 0.15) is 0 Å². The minimum atomic E-state index is -0.507. The molecule has 0 spiro atoms. The summed E-state index contributed by atoms with van der Waals surface area (Å²) in [6.45, 7) is 5.37. The van der Waals surface area contributed by atoms with E-state index in [1.54, 1.807) is 20.8 Å². The van der Waals surface area contributed by atoms with E-state index in [0.29, 0.717) is 0 Å². The molecule has 12 heavy (non-hydrogen) atoms. The van der Waals surface area contributed by atoms with Crippen molar-refractivity contribution in [1.29, 1.82) is 0 Å². The minimum absolute atomic E-state index is 0.0899. The lowest BCUT2D eigenvalue weighted by Gasteiger charge is -2.12. The van der Waals surface area contributed by atoms with Crippen LogP contribution in [0.15, 0.2) is 12.2 Å². The second-order valence-electron chi connectivity index (χ2n) is 3.47. The lowest BCUT2D eigenvalue weighted by atomic mass is 9.91. The van der Waals surface area contributed by atoms with Crippen LogP contribution in [-0.4, -0.2) is 18.9 Å². The van der Waals surface area contributed by atoms with E-state index >= 15 is 0 Å². The maximum absolute atomic E-state index is 11.2. The molecule has 0 aromatic rings. The summed E-state index contributed by atoms with van der Waals surface area (Å²) >= 11 is 0. The molecule has 0 aliphatic heterocycles. The highest BCUT2D eigenvalue weighted by molar-refractivity contribution is 5.98. The largest absolute Gasteiger partial charge is 0.466 e. The number of carbonyl (C=O) groups is 2. The van der Waals surface area contributed by atoms with Gasteiger partial charge < -0.3 is 4.74 Å². The molecular weight excluding hydrogens is 156 g/mol. The zero-order valence-corrected chi connectivity index (χ0v) is 7.88. The Kier molecular flexibility index (Phi) is 3.67. The number of methoxy groups -OCH3 is 1. The SMILES string of the molecule is COC(=O)C=CC(=O)C(C)(C)C. The van der Waals surface area contributed by atoms with Crippen molar-refractivity contribution in [3.05, 3.63) is 12.2 Å². The van der Waals surface area contributed by atoms with Crippen molar-refractivity contribution in [1.82, 2.24) is 0 Å². The van der Waals surface area contributed by atoms with Gasteiger partial charge in [0.05, 0.1) is 7.11 Å². The first-order valence-corrected chi connectivity index (χ1v) is 3.68. The summed E-state index contributed by atoms with van der Waals surface area (Å²) in [5, 5.41) is 0. The molecule has 0 rings (SSSR count). The van der Waals surface area contributed by atoms with Gasteiger partial charge in [0.2, 0.25) is 0 Å². The van der Waals surface area contributed by atoms with Crippen LogP contribution in [0.25, 0.3) is 0 Å². The predicted molar refractivity (Wildman–Crippen MR) is 45.6 cm³/mol. The third-order valence-electron chi connectivity index (χ3n) is 1.31. The van der Waals surface area contributed by atoms with Crippen molar-refractivity contribution in [3.63, 3.8) is 0 Å². The molecule has 0 bridgehead atoms. The molecule has 0 saturated heterocycles. The van der Waals surface area contributed by atoms with Gasteiger partial charge in [-0.25, -0.2) is 4.79 Å². The molecule has 3 heteroatoms. The predicted octanol–water partition coefficient (Wildman–Crippen LogP) is 1.33.